The second kappa shape index (κ2) is 8.88. The van der Waals surface area contributed by atoms with Gasteiger partial charge < -0.3 is 10.6 Å². The van der Waals surface area contributed by atoms with E-state index in [0.717, 1.165) is 40.6 Å². The summed E-state index contributed by atoms with van der Waals surface area (Å²) in [6, 6.07) is 5.36. The normalized spacial score (nSPS) is 14.4. The summed E-state index contributed by atoms with van der Waals surface area (Å²) in [4.78, 5) is 29.3. The van der Waals surface area contributed by atoms with Crippen molar-refractivity contribution in [1.29, 1.82) is 0 Å². The van der Waals surface area contributed by atoms with Crippen LogP contribution in [0.3, 0.4) is 0 Å². The molecule has 0 bridgehead atoms. The molecule has 26 heavy (non-hydrogen) atoms. The van der Waals surface area contributed by atoms with Crippen molar-refractivity contribution in [1.82, 2.24) is 10.3 Å². The van der Waals surface area contributed by atoms with E-state index in [0.29, 0.717) is 10.7 Å². The third-order valence-electron chi connectivity index (χ3n) is 4.16. The van der Waals surface area contributed by atoms with Gasteiger partial charge in [0.25, 0.3) is 0 Å². The lowest BCUT2D eigenvalue weighted by atomic mass is 10.1. The van der Waals surface area contributed by atoms with E-state index < -0.39 is 0 Å². The van der Waals surface area contributed by atoms with Gasteiger partial charge in [-0.15, -0.1) is 11.3 Å². The second-order valence-electron chi connectivity index (χ2n) is 6.25. The number of anilines is 1. The van der Waals surface area contributed by atoms with Crippen LogP contribution in [0, 0.1) is 12.8 Å². The first-order valence-electron chi connectivity index (χ1n) is 8.48. The standard InChI is InChI=1S/C18H20ClN3O2S2/c1-11-10-25-18(21-11)26-15-7-6-13(8-14(15)19)22-16(23)9-20-17(24)12-4-2-3-5-12/h6-8,10,12H,2-5,9H2,1H3,(H,20,24)(H,22,23). The Labute approximate surface area is 165 Å². The van der Waals surface area contributed by atoms with Gasteiger partial charge in [-0.1, -0.05) is 36.2 Å². The average Bonchev–Trinajstić information content (AvgIpc) is 3.27. The molecule has 1 aliphatic carbocycles. The molecule has 5 nitrogen and oxygen atoms in total. The molecule has 0 unspecified atom stereocenters. The summed E-state index contributed by atoms with van der Waals surface area (Å²) >= 11 is 9.39. The number of aryl methyl sites for hydroxylation is 1. The Kier molecular flexibility index (Phi) is 6.56. The van der Waals surface area contributed by atoms with Crippen molar-refractivity contribution in [2.75, 3.05) is 11.9 Å². The molecule has 1 aromatic heterocycles. The fourth-order valence-electron chi connectivity index (χ4n) is 2.84. The van der Waals surface area contributed by atoms with Gasteiger partial charge in [0.05, 0.1) is 11.6 Å². The molecule has 0 atom stereocenters. The molecule has 2 amide bonds. The number of nitrogens with one attached hydrogen (secondary N) is 2. The van der Waals surface area contributed by atoms with Crippen LogP contribution in [-0.2, 0) is 9.59 Å². The Hall–Kier alpha value is -1.57. The number of carbonyl (C=O) groups is 2. The number of rotatable bonds is 6. The van der Waals surface area contributed by atoms with Crippen LogP contribution in [0.4, 0.5) is 5.69 Å². The van der Waals surface area contributed by atoms with E-state index >= 15 is 0 Å². The lowest BCUT2D eigenvalue weighted by Gasteiger charge is -2.11. The van der Waals surface area contributed by atoms with Crippen LogP contribution >= 0.6 is 34.7 Å². The number of benzene rings is 1. The summed E-state index contributed by atoms with van der Waals surface area (Å²) in [5, 5.41) is 8.02. The lowest BCUT2D eigenvalue weighted by molar-refractivity contribution is -0.127. The average molecular weight is 410 g/mol. The summed E-state index contributed by atoms with van der Waals surface area (Å²) in [6.07, 6.45) is 4.02. The zero-order valence-electron chi connectivity index (χ0n) is 14.4. The van der Waals surface area contributed by atoms with Crippen LogP contribution in [-0.4, -0.2) is 23.3 Å². The van der Waals surface area contributed by atoms with Gasteiger partial charge in [0.1, 0.15) is 0 Å². The summed E-state index contributed by atoms with van der Waals surface area (Å²) in [5.74, 6) is -0.229. The number of carbonyl (C=O) groups excluding carboxylic acids is 2. The van der Waals surface area contributed by atoms with Gasteiger partial charge in [0.15, 0.2) is 4.34 Å². The van der Waals surface area contributed by atoms with Gasteiger partial charge in [-0.05, 0) is 38.0 Å². The Morgan fingerprint density at radius 2 is 2.12 bits per heavy atom. The molecule has 2 aromatic rings. The Balaban J connectivity index is 1.51. The van der Waals surface area contributed by atoms with Crippen LogP contribution in [0.5, 0.6) is 0 Å². The molecule has 3 rings (SSSR count). The monoisotopic (exact) mass is 409 g/mol. The van der Waals surface area contributed by atoms with Crippen LogP contribution in [0.1, 0.15) is 31.4 Å². The van der Waals surface area contributed by atoms with Crippen molar-refractivity contribution in [2.45, 2.75) is 41.8 Å². The van der Waals surface area contributed by atoms with Gasteiger partial charge in [0, 0.05) is 27.6 Å². The topological polar surface area (TPSA) is 71.1 Å². The van der Waals surface area contributed by atoms with E-state index in [4.69, 9.17) is 11.6 Å². The maximum Gasteiger partial charge on any atom is 0.243 e. The first-order valence-corrected chi connectivity index (χ1v) is 10.6. The van der Waals surface area contributed by atoms with E-state index in [1.807, 2.05) is 18.4 Å². The first kappa shape index (κ1) is 19.2. The van der Waals surface area contributed by atoms with E-state index in [1.54, 1.807) is 23.5 Å². The highest BCUT2D eigenvalue weighted by atomic mass is 35.5. The van der Waals surface area contributed by atoms with Crippen molar-refractivity contribution in [3.63, 3.8) is 0 Å². The summed E-state index contributed by atoms with van der Waals surface area (Å²) in [6.45, 7) is 1.92. The quantitative estimate of drug-likeness (QED) is 0.736. The first-order chi connectivity index (χ1) is 12.5. The summed E-state index contributed by atoms with van der Waals surface area (Å²) < 4.78 is 0.927. The molecule has 1 aromatic carbocycles. The third kappa shape index (κ3) is 5.22. The number of hydrogen-bond acceptors (Lipinski definition) is 5. The van der Waals surface area contributed by atoms with E-state index in [-0.39, 0.29) is 24.3 Å². The maximum atomic E-state index is 12.0. The second-order valence-corrected chi connectivity index (χ2v) is 8.80. The highest BCUT2D eigenvalue weighted by molar-refractivity contribution is 8.01. The molecule has 0 aliphatic heterocycles. The van der Waals surface area contributed by atoms with Crippen molar-refractivity contribution in [3.8, 4) is 0 Å². The predicted octanol–water partition coefficient (Wildman–Crippen LogP) is 4.50. The van der Waals surface area contributed by atoms with Crippen LogP contribution < -0.4 is 10.6 Å². The number of thiazole rings is 1. The highest BCUT2D eigenvalue weighted by Crippen LogP contribution is 2.36. The Bertz CT molecular complexity index is 803. The van der Waals surface area contributed by atoms with E-state index in [9.17, 15) is 9.59 Å². The smallest absolute Gasteiger partial charge is 0.243 e. The van der Waals surface area contributed by atoms with Crippen molar-refractivity contribution < 1.29 is 9.59 Å². The minimum atomic E-state index is -0.261. The highest BCUT2D eigenvalue weighted by Gasteiger charge is 2.22. The van der Waals surface area contributed by atoms with Crippen LogP contribution in [0.2, 0.25) is 5.02 Å². The summed E-state index contributed by atoms with van der Waals surface area (Å²) in [7, 11) is 0. The molecular formula is C18H20ClN3O2S2. The van der Waals surface area contributed by atoms with E-state index in [1.165, 1.54) is 11.8 Å². The van der Waals surface area contributed by atoms with Gasteiger partial charge >= 0.3 is 0 Å². The fourth-order valence-corrected chi connectivity index (χ4v) is 4.93. The number of amides is 2. The van der Waals surface area contributed by atoms with Crippen LogP contribution in [0.15, 0.2) is 32.8 Å². The van der Waals surface area contributed by atoms with Gasteiger partial charge in [-0.3, -0.25) is 9.59 Å². The molecule has 0 saturated heterocycles. The number of nitrogens with zero attached hydrogens (tertiary/aromatic N) is 1. The SMILES string of the molecule is Cc1csc(Sc2ccc(NC(=O)CNC(=O)C3CCCC3)cc2Cl)n1. The predicted molar refractivity (Wildman–Crippen MR) is 106 cm³/mol. The molecule has 1 fully saturated rings. The Morgan fingerprint density at radius 3 is 2.77 bits per heavy atom. The third-order valence-corrected chi connectivity index (χ3v) is 6.72. The number of halogens is 1. The molecule has 138 valence electrons. The maximum absolute atomic E-state index is 12.0. The fraction of sp³-hybridized carbons (Fsp3) is 0.389. The molecule has 2 N–H and O–H groups in total. The lowest BCUT2D eigenvalue weighted by Crippen LogP contribution is -2.36. The Morgan fingerprint density at radius 1 is 1.35 bits per heavy atom. The molecule has 1 aliphatic rings. The molecular weight excluding hydrogens is 390 g/mol. The molecule has 0 radical (unpaired) electrons. The summed E-state index contributed by atoms with van der Waals surface area (Å²) in [5.41, 5.74) is 1.59. The zero-order chi connectivity index (χ0) is 18.5. The van der Waals surface area contributed by atoms with Crippen molar-refractivity contribution in [2.24, 2.45) is 5.92 Å². The largest absolute Gasteiger partial charge is 0.347 e. The molecule has 1 saturated carbocycles. The number of hydrogen-bond donors (Lipinski definition) is 2. The van der Waals surface area contributed by atoms with Gasteiger partial charge in [-0.25, -0.2) is 4.98 Å². The molecule has 1 heterocycles. The van der Waals surface area contributed by atoms with Gasteiger partial charge in [0.2, 0.25) is 11.8 Å². The molecule has 8 heteroatoms. The van der Waals surface area contributed by atoms with Crippen molar-refractivity contribution >= 4 is 52.2 Å². The van der Waals surface area contributed by atoms with Crippen LogP contribution in [0.25, 0.3) is 0 Å². The van der Waals surface area contributed by atoms with E-state index in [2.05, 4.69) is 15.6 Å². The molecule has 0 spiro atoms. The zero-order valence-corrected chi connectivity index (χ0v) is 16.8. The van der Waals surface area contributed by atoms with Crippen molar-refractivity contribution in [3.05, 3.63) is 34.3 Å². The van der Waals surface area contributed by atoms with Gasteiger partial charge in [-0.2, -0.15) is 0 Å². The minimum Gasteiger partial charge on any atom is -0.347 e. The minimum absolute atomic E-state index is 0.0259. The number of aromatic nitrogens is 1.